The lowest BCUT2D eigenvalue weighted by Gasteiger charge is -2.21. The van der Waals surface area contributed by atoms with Crippen LogP contribution >= 0.6 is 0 Å². The van der Waals surface area contributed by atoms with E-state index < -0.39 is 12.0 Å². The minimum atomic E-state index is -1.01. The van der Waals surface area contributed by atoms with Crippen molar-refractivity contribution in [2.75, 3.05) is 25.0 Å². The minimum absolute atomic E-state index is 0.0174. The number of ketones is 1. The fraction of sp³-hybridized carbons (Fsp3) is 0.237. The molecule has 1 amide bonds. The molecule has 0 radical (unpaired) electrons. The molecule has 230 valence electrons. The largest absolute Gasteiger partial charge is 0.494 e. The predicted molar refractivity (Wildman–Crippen MR) is 176 cm³/mol. The Morgan fingerprint density at radius 1 is 0.867 bits per heavy atom. The molecule has 0 bridgehead atoms. The van der Waals surface area contributed by atoms with E-state index in [-0.39, 0.29) is 18.1 Å². The topological polar surface area (TPSA) is 95.9 Å². The van der Waals surface area contributed by atoms with Gasteiger partial charge in [-0.1, -0.05) is 84.9 Å². The number of ether oxygens (including phenoxy) is 1. The molecular formula is C38H38N2O5. The average Bonchev–Trinajstić information content (AvgIpc) is 3.90. The van der Waals surface area contributed by atoms with Crippen LogP contribution in [0, 0.1) is 5.92 Å². The van der Waals surface area contributed by atoms with E-state index in [1.54, 1.807) is 54.6 Å². The number of carbonyl (C=O) groups is 3. The first-order valence-electron chi connectivity index (χ1n) is 15.4. The molecule has 0 heterocycles. The van der Waals surface area contributed by atoms with Crippen LogP contribution in [-0.2, 0) is 16.0 Å². The van der Waals surface area contributed by atoms with E-state index in [1.165, 1.54) is 12.8 Å². The lowest BCUT2D eigenvalue weighted by Crippen LogP contribution is -2.33. The van der Waals surface area contributed by atoms with Crippen molar-refractivity contribution >= 4 is 29.4 Å². The highest BCUT2D eigenvalue weighted by Crippen LogP contribution is 2.30. The van der Waals surface area contributed by atoms with Crippen LogP contribution in [0.15, 0.2) is 115 Å². The van der Waals surface area contributed by atoms with Crippen LogP contribution in [-0.4, -0.2) is 53.4 Å². The van der Waals surface area contributed by atoms with Crippen molar-refractivity contribution < 1.29 is 24.2 Å². The summed E-state index contributed by atoms with van der Waals surface area (Å²) in [7, 11) is 0. The monoisotopic (exact) mass is 602 g/mol. The number of hydrogen-bond donors (Lipinski definition) is 2. The third kappa shape index (κ3) is 9.41. The average molecular weight is 603 g/mol. The van der Waals surface area contributed by atoms with Crippen LogP contribution in [0.2, 0.25) is 0 Å². The number of nitrogens with zero attached hydrogens (tertiary/aromatic N) is 1. The number of benzene rings is 4. The molecule has 0 saturated heterocycles. The number of para-hydroxylation sites is 1. The molecule has 5 rings (SSSR count). The summed E-state index contributed by atoms with van der Waals surface area (Å²) in [4.78, 5) is 40.1. The summed E-state index contributed by atoms with van der Waals surface area (Å²) in [5, 5.41) is 13.0. The molecule has 45 heavy (non-hydrogen) atoms. The fourth-order valence-electron chi connectivity index (χ4n) is 5.08. The summed E-state index contributed by atoms with van der Waals surface area (Å²) in [6, 6.07) is 32.1. The summed E-state index contributed by atoms with van der Waals surface area (Å²) in [6.45, 7) is 1.85. The van der Waals surface area contributed by atoms with E-state index in [4.69, 9.17) is 4.74 Å². The highest BCUT2D eigenvalue weighted by atomic mass is 16.5. The van der Waals surface area contributed by atoms with Crippen molar-refractivity contribution in [2.45, 2.75) is 31.7 Å². The molecule has 7 heteroatoms. The number of hydrogen-bond acceptors (Lipinski definition) is 5. The van der Waals surface area contributed by atoms with Crippen LogP contribution in [0.1, 0.15) is 46.3 Å². The second kappa shape index (κ2) is 15.5. The van der Waals surface area contributed by atoms with Gasteiger partial charge in [-0.3, -0.25) is 9.59 Å². The first kappa shape index (κ1) is 31.3. The molecule has 7 nitrogen and oxygen atoms in total. The quantitative estimate of drug-likeness (QED) is 0.0837. The van der Waals surface area contributed by atoms with Crippen LogP contribution in [0.3, 0.4) is 0 Å². The molecule has 4 aromatic rings. The van der Waals surface area contributed by atoms with Crippen LogP contribution in [0.4, 0.5) is 5.69 Å². The SMILES string of the molecule is O=C(c1ccccc1)c1ccccc1N[C@@H](Cc1ccc(OCCCN(CC2CC2)C(=O)C=Cc2ccccc2)cc1)C(=O)O. The standard InChI is InChI=1S/C38H38N2O5/c41-36(23-20-28-10-3-1-4-11-28)40(27-30-16-17-30)24-9-25-45-32-21-18-29(19-22-32)26-35(38(43)44)39-34-15-8-7-14-33(34)37(42)31-12-5-2-6-13-31/h1-8,10-15,18-23,30,35,39H,9,16-17,24-27H2,(H,43,44)/t35-/m0/s1. The van der Waals surface area contributed by atoms with Gasteiger partial charge in [0.15, 0.2) is 5.78 Å². The molecule has 0 spiro atoms. The summed E-state index contributed by atoms with van der Waals surface area (Å²) in [5.74, 6) is 0.105. The summed E-state index contributed by atoms with van der Waals surface area (Å²) in [5.41, 5.74) is 3.25. The Bertz CT molecular complexity index is 1600. The van der Waals surface area contributed by atoms with E-state index >= 15 is 0 Å². The maximum atomic E-state index is 13.1. The molecule has 1 aliphatic rings. The fourth-order valence-corrected chi connectivity index (χ4v) is 5.08. The Morgan fingerprint density at radius 3 is 2.22 bits per heavy atom. The van der Waals surface area contributed by atoms with Crippen molar-refractivity contribution in [3.05, 3.63) is 138 Å². The first-order chi connectivity index (χ1) is 22.0. The van der Waals surface area contributed by atoms with E-state index in [2.05, 4.69) is 5.32 Å². The summed E-state index contributed by atoms with van der Waals surface area (Å²) in [6.07, 6.45) is 6.77. The van der Waals surface area contributed by atoms with Crippen molar-refractivity contribution in [1.29, 1.82) is 0 Å². The number of carboxylic acid groups (broad SMARTS) is 1. The molecule has 0 aromatic heterocycles. The number of carboxylic acids is 1. The van der Waals surface area contributed by atoms with E-state index in [0.717, 1.165) is 17.7 Å². The third-order valence-electron chi connectivity index (χ3n) is 7.74. The zero-order valence-electron chi connectivity index (χ0n) is 25.2. The van der Waals surface area contributed by atoms with Crippen molar-refractivity contribution in [3.8, 4) is 5.75 Å². The van der Waals surface area contributed by atoms with Crippen LogP contribution in [0.5, 0.6) is 5.75 Å². The molecule has 4 aromatic carbocycles. The predicted octanol–water partition coefficient (Wildman–Crippen LogP) is 6.75. The number of aliphatic carboxylic acids is 1. The lowest BCUT2D eigenvalue weighted by molar-refractivity contribution is -0.137. The van der Waals surface area contributed by atoms with Gasteiger partial charge in [-0.25, -0.2) is 4.79 Å². The van der Waals surface area contributed by atoms with Crippen LogP contribution in [0.25, 0.3) is 6.08 Å². The first-order valence-corrected chi connectivity index (χ1v) is 15.4. The maximum Gasteiger partial charge on any atom is 0.326 e. The van der Waals surface area contributed by atoms with Gasteiger partial charge in [0.1, 0.15) is 11.8 Å². The van der Waals surface area contributed by atoms with Gasteiger partial charge in [-0.05, 0) is 66.6 Å². The van der Waals surface area contributed by atoms with Gasteiger partial charge in [-0.2, -0.15) is 0 Å². The Kier molecular flexibility index (Phi) is 10.8. The lowest BCUT2D eigenvalue weighted by atomic mass is 10.00. The molecule has 1 saturated carbocycles. The Hall–Kier alpha value is -5.17. The summed E-state index contributed by atoms with van der Waals surface area (Å²) >= 11 is 0. The normalized spacial score (nSPS) is 13.2. The van der Waals surface area contributed by atoms with E-state index in [9.17, 15) is 19.5 Å². The van der Waals surface area contributed by atoms with Gasteiger partial charge in [0.2, 0.25) is 5.91 Å². The second-order valence-corrected chi connectivity index (χ2v) is 11.3. The number of amides is 1. The number of carbonyl (C=O) groups excluding carboxylic acids is 2. The van der Waals surface area contributed by atoms with E-state index in [0.29, 0.717) is 48.1 Å². The minimum Gasteiger partial charge on any atom is -0.494 e. The third-order valence-corrected chi connectivity index (χ3v) is 7.74. The Morgan fingerprint density at radius 2 is 1.53 bits per heavy atom. The number of rotatable bonds is 16. The van der Waals surface area contributed by atoms with Gasteiger partial charge in [0.05, 0.1) is 6.61 Å². The number of anilines is 1. The zero-order valence-corrected chi connectivity index (χ0v) is 25.2. The zero-order chi connectivity index (χ0) is 31.4. The van der Waals surface area contributed by atoms with Crippen molar-refractivity contribution in [1.82, 2.24) is 4.90 Å². The molecule has 2 N–H and O–H groups in total. The van der Waals surface area contributed by atoms with Gasteiger partial charge in [0.25, 0.3) is 0 Å². The summed E-state index contributed by atoms with van der Waals surface area (Å²) < 4.78 is 5.95. The van der Waals surface area contributed by atoms with Gasteiger partial charge >= 0.3 is 5.97 Å². The van der Waals surface area contributed by atoms with Crippen molar-refractivity contribution in [3.63, 3.8) is 0 Å². The highest BCUT2D eigenvalue weighted by Gasteiger charge is 2.26. The molecule has 1 aliphatic carbocycles. The Balaban J connectivity index is 1.13. The van der Waals surface area contributed by atoms with Gasteiger partial charge < -0.3 is 20.1 Å². The van der Waals surface area contributed by atoms with Gasteiger partial charge in [-0.15, -0.1) is 0 Å². The van der Waals surface area contributed by atoms with E-state index in [1.807, 2.05) is 71.6 Å². The number of nitrogens with one attached hydrogen (secondary N) is 1. The second-order valence-electron chi connectivity index (χ2n) is 11.3. The molecule has 0 aliphatic heterocycles. The smallest absolute Gasteiger partial charge is 0.326 e. The highest BCUT2D eigenvalue weighted by molar-refractivity contribution is 6.12. The Labute approximate surface area is 264 Å². The van der Waals surface area contributed by atoms with Crippen molar-refractivity contribution in [2.24, 2.45) is 5.92 Å². The molecule has 1 atom stereocenters. The van der Waals surface area contributed by atoms with Crippen LogP contribution < -0.4 is 10.1 Å². The molecular weight excluding hydrogens is 564 g/mol. The van der Waals surface area contributed by atoms with Gasteiger partial charge in [0, 0.05) is 42.4 Å². The molecule has 1 fully saturated rings. The maximum absolute atomic E-state index is 13.1. The molecule has 0 unspecified atom stereocenters.